The summed E-state index contributed by atoms with van der Waals surface area (Å²) >= 11 is 0. The fourth-order valence-corrected chi connectivity index (χ4v) is 6.09. The molecule has 0 fully saturated rings. The zero-order chi connectivity index (χ0) is 31.5. The predicted octanol–water partition coefficient (Wildman–Crippen LogP) is 10.9. The molecule has 5 aromatic rings. The van der Waals surface area contributed by atoms with Crippen LogP contribution in [0, 0.1) is 18.0 Å². The molecule has 0 saturated carbocycles. The summed E-state index contributed by atoms with van der Waals surface area (Å²) in [6.45, 7) is 20.5. The summed E-state index contributed by atoms with van der Waals surface area (Å²) in [5.74, 6) is 1.92. The first-order valence-electron chi connectivity index (χ1n) is 15.8. The van der Waals surface area contributed by atoms with Crippen molar-refractivity contribution < 1.29 is 22.4 Å². The Kier molecular flexibility index (Phi) is 11.0. The molecule has 45 heavy (non-hydrogen) atoms. The van der Waals surface area contributed by atoms with Crippen LogP contribution in [0.25, 0.3) is 21.8 Å². The molecule has 0 saturated heterocycles. The van der Waals surface area contributed by atoms with E-state index in [1.54, 1.807) is 0 Å². The largest absolute Gasteiger partial charge is 0.657 e. The van der Waals surface area contributed by atoms with Crippen molar-refractivity contribution in [3.8, 4) is 6.07 Å². The van der Waals surface area contributed by atoms with Crippen molar-refractivity contribution >= 4 is 33.2 Å². The third-order valence-electron chi connectivity index (χ3n) is 8.40. The van der Waals surface area contributed by atoms with Gasteiger partial charge in [0.05, 0.1) is 11.6 Å². The molecule has 1 radical (unpaired) electrons. The van der Waals surface area contributed by atoms with E-state index in [2.05, 4.69) is 138 Å². The summed E-state index contributed by atoms with van der Waals surface area (Å²) in [5, 5.41) is 11.1. The van der Waals surface area contributed by atoms with Gasteiger partial charge >= 0.3 is 0 Å². The molecule has 1 aliphatic heterocycles. The summed E-state index contributed by atoms with van der Waals surface area (Å²) in [7, 11) is 0. The summed E-state index contributed by atoms with van der Waals surface area (Å²) in [4.78, 5) is 9.12. The normalized spacial score (nSPS) is 12.8. The first-order valence-corrected chi connectivity index (χ1v) is 15.8. The molecule has 4 nitrogen and oxygen atoms in total. The quantitative estimate of drug-likeness (QED) is 0.127. The van der Waals surface area contributed by atoms with Gasteiger partial charge in [-0.25, -0.2) is 0 Å². The van der Waals surface area contributed by atoms with Crippen molar-refractivity contribution in [2.24, 2.45) is 0 Å². The maximum Gasteiger partial charge on any atom is 0.0991 e. The van der Waals surface area contributed by atoms with Crippen LogP contribution >= 0.6 is 0 Å². The van der Waals surface area contributed by atoms with Gasteiger partial charge in [0.15, 0.2) is 0 Å². The molecule has 0 spiro atoms. The third-order valence-corrected chi connectivity index (χ3v) is 8.40. The smallest absolute Gasteiger partial charge is 0.0991 e. The van der Waals surface area contributed by atoms with Gasteiger partial charge in [-0.1, -0.05) is 128 Å². The maximum absolute atomic E-state index is 8.79. The average Bonchev–Trinajstić information content (AvgIpc) is 3.65. The number of hydrogen-bond acceptors (Lipinski definition) is 3. The van der Waals surface area contributed by atoms with Gasteiger partial charge in [-0.3, -0.25) is 0 Å². The van der Waals surface area contributed by atoms with Gasteiger partial charge in [0.2, 0.25) is 0 Å². The van der Waals surface area contributed by atoms with Crippen LogP contribution in [-0.4, -0.2) is 0 Å². The fraction of sp³-hybridized carbons (Fsp3) is 0.300. The summed E-state index contributed by atoms with van der Waals surface area (Å²) in [5.41, 5.74) is 10.8. The van der Waals surface area contributed by atoms with Crippen molar-refractivity contribution in [3.05, 3.63) is 126 Å². The molecule has 5 heteroatoms. The Morgan fingerprint density at radius 3 is 1.47 bits per heavy atom. The minimum absolute atomic E-state index is 0. The van der Waals surface area contributed by atoms with Gasteiger partial charge in [-0.15, -0.1) is 17.7 Å². The molecule has 1 aromatic heterocycles. The first kappa shape index (κ1) is 34.1. The Balaban J connectivity index is 0.000000240. The Hall–Kier alpha value is -3.75. The van der Waals surface area contributed by atoms with E-state index >= 15 is 0 Å². The second-order valence-corrected chi connectivity index (χ2v) is 12.9. The molecule has 1 aliphatic rings. The van der Waals surface area contributed by atoms with E-state index in [4.69, 9.17) is 5.26 Å². The molecular formula is C40H44AuN4-2. The summed E-state index contributed by atoms with van der Waals surface area (Å²) < 4.78 is 0. The number of nitriles is 1. The molecule has 0 N–H and O–H groups in total. The van der Waals surface area contributed by atoms with E-state index in [0.29, 0.717) is 29.2 Å². The molecule has 4 aromatic carbocycles. The number of rotatable bonds is 6. The number of nitrogens with zero attached hydrogens (tertiary/aromatic N) is 4. The first-order chi connectivity index (χ1) is 21.1. The second-order valence-electron chi connectivity index (χ2n) is 12.9. The van der Waals surface area contributed by atoms with Crippen LogP contribution in [0.2, 0.25) is 0 Å². The van der Waals surface area contributed by atoms with E-state index < -0.39 is 0 Å². The molecular weight excluding hydrogens is 733 g/mol. The van der Waals surface area contributed by atoms with Crippen LogP contribution in [0.5, 0.6) is 0 Å². The monoisotopic (exact) mass is 777 g/mol. The van der Waals surface area contributed by atoms with Crippen LogP contribution in [0.3, 0.4) is 0 Å². The van der Waals surface area contributed by atoms with Crippen molar-refractivity contribution in [2.75, 3.05) is 9.80 Å². The zero-order valence-corrected chi connectivity index (χ0v) is 29.8. The minimum Gasteiger partial charge on any atom is -0.657 e. The number of fused-ring (bicyclic) bond motifs is 3. The van der Waals surface area contributed by atoms with Crippen molar-refractivity contribution in [3.63, 3.8) is 0 Å². The zero-order valence-electron chi connectivity index (χ0n) is 27.6. The molecule has 0 aliphatic carbocycles. The van der Waals surface area contributed by atoms with Gasteiger partial charge in [0.1, 0.15) is 0 Å². The van der Waals surface area contributed by atoms with Gasteiger partial charge in [-0.2, -0.15) is 5.26 Å². The molecule has 0 bridgehead atoms. The molecule has 2 heterocycles. The van der Waals surface area contributed by atoms with Gasteiger partial charge < -0.3 is 14.8 Å². The standard InChI is InChI=1S/C27H37N2.C13H7N2.Au/c1-18(2)22-11-9-12-23(19(3)4)26(22)28-15-16-29(17-28)27-24(20(5)6)13-10-14-25(27)21(7)8;14-8-9-5-6-11-10-3-1-2-4-12(10)15-13(11)7-9;/h9-21H,1-8H3;1-7H;/q2*-1;. The van der Waals surface area contributed by atoms with E-state index in [0.717, 1.165) is 21.8 Å². The number of hydrogen-bond donors (Lipinski definition) is 0. The topological polar surface area (TPSA) is 44.4 Å². The van der Waals surface area contributed by atoms with Crippen LogP contribution in [-0.2, 0) is 22.4 Å². The minimum atomic E-state index is 0. The average molecular weight is 778 g/mol. The Morgan fingerprint density at radius 1 is 0.578 bits per heavy atom. The van der Waals surface area contributed by atoms with Crippen LogP contribution in [0.1, 0.15) is 107 Å². The van der Waals surface area contributed by atoms with Gasteiger partial charge in [0.25, 0.3) is 0 Å². The Bertz CT molecular complexity index is 1710. The predicted molar refractivity (Wildman–Crippen MR) is 187 cm³/mol. The molecule has 0 unspecified atom stereocenters. The Morgan fingerprint density at radius 2 is 1.02 bits per heavy atom. The molecule has 237 valence electrons. The SMILES string of the molecule is CC(C)c1cccc(C(C)C)c1N1C=CN(c2c(C(C)C)cccc2C(C)C)[CH-]1.N#Cc1ccc2c(c1)[n-]c1ccccc12.[Au]. The van der Waals surface area contributed by atoms with E-state index in [1.165, 1.54) is 33.6 Å². The van der Waals surface area contributed by atoms with E-state index in [1.807, 2.05) is 36.4 Å². The Labute approximate surface area is 285 Å². The number of aromatic nitrogens is 1. The van der Waals surface area contributed by atoms with Gasteiger partial charge in [0, 0.05) is 33.8 Å². The summed E-state index contributed by atoms with van der Waals surface area (Å²) in [6.07, 6.45) is 4.43. The third kappa shape index (κ3) is 7.07. The van der Waals surface area contributed by atoms with Crippen LogP contribution < -0.4 is 14.8 Å². The molecule has 0 amide bonds. The van der Waals surface area contributed by atoms with E-state index in [9.17, 15) is 0 Å². The van der Waals surface area contributed by atoms with Crippen molar-refractivity contribution in [1.29, 1.82) is 5.26 Å². The fourth-order valence-electron chi connectivity index (χ4n) is 6.09. The van der Waals surface area contributed by atoms with Crippen molar-refractivity contribution in [2.45, 2.75) is 79.1 Å². The molecule has 6 rings (SSSR count). The number of benzene rings is 4. The second kappa shape index (κ2) is 14.6. The van der Waals surface area contributed by atoms with Crippen molar-refractivity contribution in [1.82, 2.24) is 4.98 Å². The number of anilines is 2. The summed E-state index contributed by atoms with van der Waals surface area (Å²) in [6, 6.07) is 29.3. The van der Waals surface area contributed by atoms with Gasteiger partial charge in [-0.05, 0) is 75.2 Å². The maximum atomic E-state index is 8.79. The van der Waals surface area contributed by atoms with Crippen LogP contribution in [0.4, 0.5) is 11.4 Å². The number of para-hydroxylation sites is 3. The van der Waals surface area contributed by atoms with Crippen LogP contribution in [0.15, 0.2) is 91.3 Å². The molecule has 0 atom stereocenters. The van der Waals surface area contributed by atoms with E-state index in [-0.39, 0.29) is 22.4 Å².